The number of phenolic OH excluding ortho intramolecular Hbond substituents is 1. The van der Waals surface area contributed by atoms with Crippen molar-refractivity contribution in [3.05, 3.63) is 102 Å². The molecule has 3 aromatic carbocycles. The summed E-state index contributed by atoms with van der Waals surface area (Å²) in [5, 5.41) is 93.2. The quantitative estimate of drug-likeness (QED) is 0.0215. The van der Waals surface area contributed by atoms with Crippen molar-refractivity contribution in [3.8, 4) is 5.75 Å². The molecule has 32 nitrogen and oxygen atoms in total. The van der Waals surface area contributed by atoms with Crippen LogP contribution in [-0.2, 0) is 72.0 Å². The van der Waals surface area contributed by atoms with Crippen LogP contribution in [-0.4, -0.2) is 289 Å². The van der Waals surface area contributed by atoms with Gasteiger partial charge in [0.1, 0.15) is 48.0 Å². The molecule has 0 bridgehead atoms. The first-order chi connectivity index (χ1) is 47.3. The number of phenols is 1. The van der Waals surface area contributed by atoms with E-state index in [4.69, 9.17) is 5.73 Å². The number of unbranched alkanes of at least 4 members (excludes halogenated alkanes) is 1. The summed E-state index contributed by atoms with van der Waals surface area (Å²) in [6.45, 7) is 1.08. The van der Waals surface area contributed by atoms with Gasteiger partial charge in [-0.3, -0.25) is 72.3 Å². The molecule has 10 atom stereocenters. The molecule has 99 heavy (non-hydrogen) atoms. The van der Waals surface area contributed by atoms with Gasteiger partial charge in [0, 0.05) is 100 Å². The van der Waals surface area contributed by atoms with Gasteiger partial charge in [0.25, 0.3) is 0 Å². The van der Waals surface area contributed by atoms with E-state index in [1.165, 1.54) is 38.1 Å². The molecule has 0 radical (unpaired) electrons. The minimum Gasteiger partial charge on any atom is -0.508 e. The topological polar surface area (TPSA) is 480 Å². The SMILES string of the molecule is C[C@@H](O)[C@@H]1NC(=O)[C@H](CCCCN)NC(=O)[C@@H](Cc2c[nH]c3ccccc23)NC(=O)C(Cc2ccc(O)cc2)NC(=O)[C@@H](NC(=O)[C@@H](Cc2ccccc2)NC(=O)CN2CCN(CC(=O)O)CCN(CC(=O)O)CCN(CC(=O)O)CC2)CSSC[C@@H](C(=O)N[C@H](CO)[C@@H](C)O)NC1=O. The molecule has 4 aromatic rings. The predicted octanol–water partition coefficient (Wildman–Crippen LogP) is -3.47. The number of H-pyrrole nitrogens is 1. The number of hydrogen-bond donors (Lipinski definition) is 17. The molecule has 6 rings (SSSR count). The summed E-state index contributed by atoms with van der Waals surface area (Å²) in [4.78, 5) is 163. The molecular formula is C65H92N14O18S2. The fourth-order valence-electron chi connectivity index (χ4n) is 11.1. The van der Waals surface area contributed by atoms with Crippen LogP contribution < -0.4 is 48.3 Å². The smallest absolute Gasteiger partial charge is 0.317 e. The van der Waals surface area contributed by atoms with Gasteiger partial charge >= 0.3 is 17.9 Å². The Kier molecular flexibility index (Phi) is 32.6. The second-order valence-electron chi connectivity index (χ2n) is 24.5. The Morgan fingerprint density at radius 3 is 1.68 bits per heavy atom. The number of aromatic amines is 1. The summed E-state index contributed by atoms with van der Waals surface area (Å²) in [5.41, 5.74) is 8.05. The summed E-state index contributed by atoms with van der Waals surface area (Å²) in [6, 6.07) is 9.21. The van der Waals surface area contributed by atoms with Gasteiger partial charge in [-0.05, 0) is 74.5 Å². The minimum absolute atomic E-state index is 0.0540. The van der Waals surface area contributed by atoms with Crippen LogP contribution in [0.4, 0.5) is 0 Å². The Hall–Kier alpha value is -8.45. The number of rotatable bonds is 26. The van der Waals surface area contributed by atoms with Crippen molar-refractivity contribution in [2.24, 2.45) is 5.73 Å². The number of carbonyl (C=O) groups excluding carboxylic acids is 8. The number of fused-ring (bicyclic) bond motifs is 1. The van der Waals surface area contributed by atoms with Gasteiger partial charge in [-0.2, -0.15) is 0 Å². The third kappa shape index (κ3) is 27.0. The zero-order chi connectivity index (χ0) is 72.1. The van der Waals surface area contributed by atoms with Crippen molar-refractivity contribution < 1.29 is 88.5 Å². The van der Waals surface area contributed by atoms with E-state index in [2.05, 4.69) is 47.5 Å². The normalized spacial score (nSPS) is 22.0. The van der Waals surface area contributed by atoms with E-state index in [1.807, 2.05) is 0 Å². The van der Waals surface area contributed by atoms with Gasteiger partial charge in [-0.25, -0.2) is 0 Å². The van der Waals surface area contributed by atoms with E-state index in [9.17, 15) is 74.1 Å². The summed E-state index contributed by atoms with van der Waals surface area (Å²) in [7, 11) is 1.81. The fourth-order valence-corrected chi connectivity index (χ4v) is 13.4. The number of carbonyl (C=O) groups is 11. The summed E-state index contributed by atoms with van der Waals surface area (Å²) in [6.07, 6.45) is -1.31. The molecular weight excluding hydrogens is 1330 g/mol. The number of carboxylic acids is 3. The van der Waals surface area contributed by atoms with E-state index >= 15 is 14.4 Å². The maximum absolute atomic E-state index is 15.3. The van der Waals surface area contributed by atoms with Crippen molar-refractivity contribution >= 4 is 97.7 Å². The molecule has 2 fully saturated rings. The molecule has 3 heterocycles. The van der Waals surface area contributed by atoms with E-state index in [0.29, 0.717) is 34.0 Å². The molecule has 1 aromatic heterocycles. The highest BCUT2D eigenvalue weighted by Gasteiger charge is 2.37. The Balaban J connectivity index is 1.40. The van der Waals surface area contributed by atoms with Crippen molar-refractivity contribution in [1.29, 1.82) is 0 Å². The minimum atomic E-state index is -1.77. The number of para-hydroxylation sites is 1. The molecule has 8 amide bonds. The van der Waals surface area contributed by atoms with Crippen molar-refractivity contribution in [2.45, 2.75) is 113 Å². The lowest BCUT2D eigenvalue weighted by molar-refractivity contribution is -0.140. The number of aliphatic hydroxyl groups excluding tert-OH is 3. The number of hydrogen-bond acceptors (Lipinski definition) is 22. The maximum Gasteiger partial charge on any atom is 0.317 e. The zero-order valence-corrected chi connectivity index (χ0v) is 56.8. The number of nitrogens with zero attached hydrogens (tertiary/aromatic N) is 4. The van der Waals surface area contributed by atoms with Gasteiger partial charge in [0.15, 0.2) is 0 Å². The second kappa shape index (κ2) is 40.6. The number of nitrogens with two attached hydrogens (primary N) is 1. The first kappa shape index (κ1) is 79.5. The van der Waals surface area contributed by atoms with Gasteiger partial charge in [-0.15, -0.1) is 0 Å². The van der Waals surface area contributed by atoms with Crippen molar-refractivity contribution in [3.63, 3.8) is 0 Å². The molecule has 2 aliphatic rings. The lowest BCUT2D eigenvalue weighted by Crippen LogP contribution is -2.62. The molecule has 0 aliphatic carbocycles. The van der Waals surface area contributed by atoms with Gasteiger partial charge in [-0.1, -0.05) is 82.3 Å². The van der Waals surface area contributed by atoms with E-state index in [1.54, 1.807) is 80.4 Å². The summed E-state index contributed by atoms with van der Waals surface area (Å²) in [5.74, 6) is -11.6. The second-order valence-corrected chi connectivity index (χ2v) is 27.0. The highest BCUT2D eigenvalue weighted by molar-refractivity contribution is 8.76. The largest absolute Gasteiger partial charge is 0.508 e. The average molecular weight is 1420 g/mol. The van der Waals surface area contributed by atoms with E-state index in [0.717, 1.165) is 21.6 Å². The number of benzene rings is 3. The Labute approximate surface area is 580 Å². The van der Waals surface area contributed by atoms with Crippen molar-refractivity contribution in [1.82, 2.24) is 67.1 Å². The molecule has 0 saturated carbocycles. The van der Waals surface area contributed by atoms with E-state index in [-0.39, 0.29) is 115 Å². The van der Waals surface area contributed by atoms with Crippen LogP contribution in [0.2, 0.25) is 0 Å². The van der Waals surface area contributed by atoms with Crippen LogP contribution in [0.1, 0.15) is 49.8 Å². The third-order valence-corrected chi connectivity index (χ3v) is 19.0. The molecule has 542 valence electrons. The number of aliphatic carboxylic acids is 3. The molecule has 0 spiro atoms. The third-order valence-electron chi connectivity index (χ3n) is 16.6. The van der Waals surface area contributed by atoms with Crippen molar-refractivity contribution in [2.75, 3.05) is 103 Å². The first-order valence-corrected chi connectivity index (χ1v) is 35.0. The molecule has 34 heteroatoms. The van der Waals surface area contributed by atoms with Crippen LogP contribution in [0.3, 0.4) is 0 Å². The van der Waals surface area contributed by atoms with Gasteiger partial charge < -0.3 is 89.0 Å². The lowest BCUT2D eigenvalue weighted by Gasteiger charge is -2.33. The number of aliphatic hydroxyl groups is 3. The van der Waals surface area contributed by atoms with Gasteiger partial charge in [0.05, 0.1) is 51.0 Å². The Morgan fingerprint density at radius 1 is 0.596 bits per heavy atom. The summed E-state index contributed by atoms with van der Waals surface area (Å²) >= 11 is 0. The fraction of sp³-hybridized carbons (Fsp3) is 0.523. The lowest BCUT2D eigenvalue weighted by atomic mass is 10.0. The van der Waals surface area contributed by atoms with Crippen LogP contribution in [0.25, 0.3) is 10.9 Å². The standard InChI is InChI=1S/C65H92N14O18S2/c1-39(81)51(36-80)72-64(96)53-38-99-98-37-52(73-60(92)48(28-41-10-4-3-5-11-41)68-54(84)32-76-20-22-77(33-55(85)86)24-26-79(35-57(89)90)27-25-78(23-21-76)34-56(87)88)63(95)70-49(29-42-15-17-44(83)18-16-42)61(93)71-50(30-43-31-67-46-13-7-6-12-45(43)46)62(94)69-47(14-8-9-19-66)59(91)75-58(40(2)82)65(97)74-53/h3-7,10-13,15-18,31,39-40,47-53,58,67,80-83H,8-9,14,19-30,32-38,66H2,1-2H3,(H,68,84)(H,69,94)(H,70,95)(H,71,93)(H,72,96)(H,73,92)(H,74,97)(H,75,91)(H,85,86)(H,87,88)(H,89,90)/t39-,40-,47+,48-,49?,50-,51-,52+,53+,58+/m1/s1. The highest BCUT2D eigenvalue weighted by Crippen LogP contribution is 2.25. The number of aromatic hydroxyl groups is 1. The average Bonchev–Trinajstić information content (AvgIpc) is 1.73. The number of amides is 8. The molecule has 1 unspecified atom stereocenters. The molecule has 2 saturated heterocycles. The van der Waals surface area contributed by atoms with Gasteiger partial charge in [0.2, 0.25) is 47.3 Å². The van der Waals surface area contributed by atoms with Crippen LogP contribution in [0.5, 0.6) is 5.75 Å². The number of carboxylic acid groups (broad SMARTS) is 3. The first-order valence-electron chi connectivity index (χ1n) is 32.5. The predicted molar refractivity (Wildman–Crippen MR) is 366 cm³/mol. The summed E-state index contributed by atoms with van der Waals surface area (Å²) < 4.78 is 0. The monoisotopic (exact) mass is 1420 g/mol. The zero-order valence-electron chi connectivity index (χ0n) is 55.2. The Morgan fingerprint density at radius 2 is 1.12 bits per heavy atom. The highest BCUT2D eigenvalue weighted by atomic mass is 33.1. The molecule has 18 N–H and O–H groups in total. The Bertz CT molecular complexity index is 3320. The number of aromatic nitrogens is 1. The number of nitrogens with one attached hydrogen (secondary N) is 9. The van der Waals surface area contributed by atoms with E-state index < -0.39 is 152 Å². The molecule has 2 aliphatic heterocycles. The van der Waals surface area contributed by atoms with Crippen LogP contribution in [0, 0.1) is 0 Å². The maximum atomic E-state index is 15.3. The van der Waals surface area contributed by atoms with Crippen LogP contribution in [0.15, 0.2) is 85.1 Å². The van der Waals surface area contributed by atoms with Crippen LogP contribution >= 0.6 is 21.6 Å².